The maximum atomic E-state index is 13.2. The smallest absolute Gasteiger partial charge is 0.141 e. The molecule has 0 fully saturated rings. The number of halogens is 2. The Labute approximate surface area is 121 Å². The van der Waals surface area contributed by atoms with Gasteiger partial charge in [0.1, 0.15) is 5.82 Å². The van der Waals surface area contributed by atoms with Crippen molar-refractivity contribution in [1.82, 2.24) is 4.57 Å². The standard InChI is InChI=1S/C16H13ClFNO/c17-14-8-11(4-5-15(14)18)9-19-7-6-13-12(10-20)2-1-3-16(13)19/h1-8,20H,9-10H2. The van der Waals surface area contributed by atoms with E-state index in [0.29, 0.717) is 6.54 Å². The zero-order valence-electron chi connectivity index (χ0n) is 10.7. The highest BCUT2D eigenvalue weighted by molar-refractivity contribution is 6.30. The van der Waals surface area contributed by atoms with Crippen LogP contribution >= 0.6 is 11.6 Å². The Kier molecular flexibility index (Phi) is 3.47. The van der Waals surface area contributed by atoms with Crippen molar-refractivity contribution in [2.75, 3.05) is 0 Å². The summed E-state index contributed by atoms with van der Waals surface area (Å²) in [7, 11) is 0. The van der Waals surface area contributed by atoms with E-state index in [1.807, 2.05) is 30.5 Å². The Bertz CT molecular complexity index is 766. The molecule has 1 heterocycles. The van der Waals surface area contributed by atoms with E-state index >= 15 is 0 Å². The summed E-state index contributed by atoms with van der Waals surface area (Å²) in [5.41, 5.74) is 2.87. The van der Waals surface area contributed by atoms with Gasteiger partial charge in [-0.2, -0.15) is 0 Å². The molecule has 4 heteroatoms. The summed E-state index contributed by atoms with van der Waals surface area (Å²) in [6.45, 7) is 0.627. The number of fused-ring (bicyclic) bond motifs is 1. The molecule has 2 aromatic carbocycles. The SMILES string of the molecule is OCc1cccc2c1ccn2Cc1ccc(F)c(Cl)c1. The van der Waals surface area contributed by atoms with Gasteiger partial charge in [0.15, 0.2) is 0 Å². The Hall–Kier alpha value is -1.84. The van der Waals surface area contributed by atoms with Crippen LogP contribution in [0.3, 0.4) is 0 Å². The predicted octanol–water partition coefficient (Wildman–Crippen LogP) is 3.97. The highest BCUT2D eigenvalue weighted by atomic mass is 35.5. The lowest BCUT2D eigenvalue weighted by molar-refractivity contribution is 0.283. The molecular formula is C16H13ClFNO. The van der Waals surface area contributed by atoms with Gasteiger partial charge in [-0.25, -0.2) is 4.39 Å². The normalized spacial score (nSPS) is 11.2. The van der Waals surface area contributed by atoms with Crippen LogP contribution in [0.25, 0.3) is 10.9 Å². The minimum Gasteiger partial charge on any atom is -0.392 e. The quantitative estimate of drug-likeness (QED) is 0.775. The lowest BCUT2D eigenvalue weighted by atomic mass is 10.1. The number of rotatable bonds is 3. The number of nitrogens with zero attached hydrogens (tertiary/aromatic N) is 1. The van der Waals surface area contributed by atoms with Crippen LogP contribution in [-0.2, 0) is 13.2 Å². The zero-order valence-corrected chi connectivity index (χ0v) is 11.4. The first-order chi connectivity index (χ1) is 9.69. The van der Waals surface area contributed by atoms with Gasteiger partial charge in [0.2, 0.25) is 0 Å². The van der Waals surface area contributed by atoms with E-state index in [0.717, 1.165) is 22.0 Å². The summed E-state index contributed by atoms with van der Waals surface area (Å²) in [6, 6.07) is 12.5. The molecule has 0 aliphatic rings. The molecule has 0 atom stereocenters. The highest BCUT2D eigenvalue weighted by Crippen LogP contribution is 2.22. The molecule has 0 aliphatic heterocycles. The number of benzene rings is 2. The van der Waals surface area contributed by atoms with Gasteiger partial charge < -0.3 is 9.67 Å². The van der Waals surface area contributed by atoms with Gasteiger partial charge >= 0.3 is 0 Å². The average molecular weight is 290 g/mol. The fourth-order valence-electron chi connectivity index (χ4n) is 2.40. The second kappa shape index (κ2) is 5.27. The molecule has 0 saturated heterocycles. The monoisotopic (exact) mass is 289 g/mol. The van der Waals surface area contributed by atoms with E-state index in [-0.39, 0.29) is 11.6 Å². The Morgan fingerprint density at radius 1 is 1.15 bits per heavy atom. The number of hydrogen-bond acceptors (Lipinski definition) is 1. The first-order valence-corrected chi connectivity index (χ1v) is 6.68. The van der Waals surface area contributed by atoms with Crippen molar-refractivity contribution in [3.05, 3.63) is 70.6 Å². The molecular weight excluding hydrogens is 277 g/mol. The van der Waals surface area contributed by atoms with E-state index in [4.69, 9.17) is 11.6 Å². The van der Waals surface area contributed by atoms with Crippen LogP contribution in [-0.4, -0.2) is 9.67 Å². The van der Waals surface area contributed by atoms with Crippen LogP contribution in [0.4, 0.5) is 4.39 Å². The molecule has 102 valence electrons. The van der Waals surface area contributed by atoms with Crippen LogP contribution in [0.2, 0.25) is 5.02 Å². The molecule has 0 unspecified atom stereocenters. The van der Waals surface area contributed by atoms with Crippen LogP contribution in [0.5, 0.6) is 0 Å². The van der Waals surface area contributed by atoms with Crippen molar-refractivity contribution < 1.29 is 9.50 Å². The fraction of sp³-hybridized carbons (Fsp3) is 0.125. The summed E-state index contributed by atoms with van der Waals surface area (Å²) in [4.78, 5) is 0. The minimum atomic E-state index is -0.407. The molecule has 0 amide bonds. The van der Waals surface area contributed by atoms with Crippen molar-refractivity contribution in [2.24, 2.45) is 0 Å². The lowest BCUT2D eigenvalue weighted by Gasteiger charge is -2.07. The van der Waals surface area contributed by atoms with Crippen LogP contribution in [0.1, 0.15) is 11.1 Å². The van der Waals surface area contributed by atoms with Crippen molar-refractivity contribution in [1.29, 1.82) is 0 Å². The van der Waals surface area contributed by atoms with Gasteiger partial charge in [0.05, 0.1) is 11.6 Å². The molecule has 1 N–H and O–H groups in total. The largest absolute Gasteiger partial charge is 0.392 e. The van der Waals surface area contributed by atoms with Gasteiger partial charge in [-0.1, -0.05) is 29.8 Å². The number of aromatic nitrogens is 1. The third-order valence-corrected chi connectivity index (χ3v) is 3.70. The maximum Gasteiger partial charge on any atom is 0.141 e. The molecule has 2 nitrogen and oxygen atoms in total. The lowest BCUT2D eigenvalue weighted by Crippen LogP contribution is -1.98. The van der Waals surface area contributed by atoms with E-state index in [2.05, 4.69) is 4.57 Å². The van der Waals surface area contributed by atoms with Crippen LogP contribution < -0.4 is 0 Å². The van der Waals surface area contributed by atoms with E-state index in [9.17, 15) is 9.50 Å². The Morgan fingerprint density at radius 2 is 2.00 bits per heavy atom. The molecule has 0 radical (unpaired) electrons. The molecule has 3 rings (SSSR count). The number of aliphatic hydroxyl groups is 1. The van der Waals surface area contributed by atoms with Crippen molar-refractivity contribution >= 4 is 22.5 Å². The molecule has 0 aliphatic carbocycles. The van der Waals surface area contributed by atoms with Crippen LogP contribution in [0, 0.1) is 5.82 Å². The maximum absolute atomic E-state index is 13.2. The van der Waals surface area contributed by atoms with Crippen LogP contribution in [0.15, 0.2) is 48.7 Å². The third-order valence-electron chi connectivity index (χ3n) is 3.41. The second-order valence-electron chi connectivity index (χ2n) is 4.70. The molecule has 0 spiro atoms. The summed E-state index contributed by atoms with van der Waals surface area (Å²) in [6.07, 6.45) is 1.96. The fourth-order valence-corrected chi connectivity index (χ4v) is 2.60. The summed E-state index contributed by atoms with van der Waals surface area (Å²) in [5.74, 6) is -0.407. The summed E-state index contributed by atoms with van der Waals surface area (Å²) >= 11 is 5.80. The van der Waals surface area contributed by atoms with E-state index in [1.165, 1.54) is 6.07 Å². The van der Waals surface area contributed by atoms with Gasteiger partial charge in [0.25, 0.3) is 0 Å². The van der Waals surface area contributed by atoms with E-state index in [1.54, 1.807) is 12.1 Å². The average Bonchev–Trinajstić information content (AvgIpc) is 2.86. The molecule has 0 bridgehead atoms. The predicted molar refractivity (Wildman–Crippen MR) is 78.4 cm³/mol. The van der Waals surface area contributed by atoms with Gasteiger partial charge in [-0.15, -0.1) is 0 Å². The third kappa shape index (κ3) is 2.30. The molecule has 0 saturated carbocycles. The first kappa shape index (κ1) is 13.2. The van der Waals surface area contributed by atoms with Crippen molar-refractivity contribution in [3.8, 4) is 0 Å². The van der Waals surface area contributed by atoms with Crippen molar-refractivity contribution in [3.63, 3.8) is 0 Å². The topological polar surface area (TPSA) is 25.2 Å². The van der Waals surface area contributed by atoms with Gasteiger partial charge in [0, 0.05) is 23.6 Å². The Morgan fingerprint density at radius 3 is 2.75 bits per heavy atom. The summed E-state index contributed by atoms with van der Waals surface area (Å²) in [5, 5.41) is 10.5. The van der Waals surface area contributed by atoms with Gasteiger partial charge in [-0.3, -0.25) is 0 Å². The number of hydrogen-bond donors (Lipinski definition) is 1. The highest BCUT2D eigenvalue weighted by Gasteiger charge is 2.06. The molecule has 20 heavy (non-hydrogen) atoms. The first-order valence-electron chi connectivity index (χ1n) is 6.30. The summed E-state index contributed by atoms with van der Waals surface area (Å²) < 4.78 is 15.2. The van der Waals surface area contributed by atoms with E-state index < -0.39 is 5.82 Å². The second-order valence-corrected chi connectivity index (χ2v) is 5.11. The van der Waals surface area contributed by atoms with Crippen molar-refractivity contribution in [2.45, 2.75) is 13.2 Å². The molecule has 3 aromatic rings. The number of aliphatic hydroxyl groups excluding tert-OH is 1. The Balaban J connectivity index is 2.00. The molecule has 1 aromatic heterocycles. The zero-order chi connectivity index (χ0) is 14.1. The minimum absolute atomic E-state index is 0.0176. The van der Waals surface area contributed by atoms with Gasteiger partial charge in [-0.05, 0) is 35.4 Å².